The molecule has 0 saturated heterocycles. The molecule has 102 valence electrons. The lowest BCUT2D eigenvalue weighted by Gasteiger charge is -2.28. The van der Waals surface area contributed by atoms with Crippen molar-refractivity contribution >= 4 is 22.8 Å². The van der Waals surface area contributed by atoms with Gasteiger partial charge in [0.15, 0.2) is 11.2 Å². The first-order valence-electron chi connectivity index (χ1n) is 6.42. The van der Waals surface area contributed by atoms with Crippen LogP contribution < -0.4 is 4.74 Å². The molecule has 0 atom stereocenters. The van der Waals surface area contributed by atoms with Gasteiger partial charge in [0.25, 0.3) is 0 Å². The number of fused-ring (bicyclic) bond motifs is 1. The molecule has 1 fully saturated rings. The number of methoxy groups -OCH3 is 1. The normalized spacial score (nSPS) is 16.0. The summed E-state index contributed by atoms with van der Waals surface area (Å²) in [6.45, 7) is 4.44. The fourth-order valence-electron chi connectivity index (χ4n) is 2.73. The summed E-state index contributed by atoms with van der Waals surface area (Å²) in [6, 6.07) is 0. The van der Waals surface area contributed by atoms with Gasteiger partial charge in [0.2, 0.25) is 5.88 Å². The average Bonchev–Trinajstić information content (AvgIpc) is 3.18. The van der Waals surface area contributed by atoms with Crippen molar-refractivity contribution in [1.29, 1.82) is 0 Å². The number of nitrogens with zero attached hydrogens (tertiary/aromatic N) is 4. The molecular formula is C13H17ClN4O. The van der Waals surface area contributed by atoms with Gasteiger partial charge >= 0.3 is 0 Å². The Morgan fingerprint density at radius 2 is 2.16 bits per heavy atom. The Morgan fingerprint density at radius 3 is 2.74 bits per heavy atom. The summed E-state index contributed by atoms with van der Waals surface area (Å²) < 4.78 is 7.41. The van der Waals surface area contributed by atoms with E-state index < -0.39 is 0 Å². The molecule has 1 aliphatic rings. The molecular weight excluding hydrogens is 264 g/mol. The zero-order chi connectivity index (χ0) is 13.6. The Hall–Kier alpha value is -1.36. The zero-order valence-corrected chi connectivity index (χ0v) is 12.1. The fourth-order valence-corrected chi connectivity index (χ4v) is 2.91. The SMILES string of the molecule is COc1ncnc2c1nc(CCl)n2C(C)(C)C1CC1. The predicted molar refractivity (Wildman–Crippen MR) is 73.5 cm³/mol. The third-order valence-electron chi connectivity index (χ3n) is 3.95. The standard InChI is InChI=1S/C13H17ClN4O/c1-13(2,8-4-5-8)18-9(6-14)17-10-11(18)15-7-16-12(10)19-3/h7-8H,4-6H2,1-3H3. The second-order valence-electron chi connectivity index (χ2n) is 5.48. The van der Waals surface area contributed by atoms with Crippen LogP contribution in [0.15, 0.2) is 6.33 Å². The number of aromatic nitrogens is 4. The number of hydrogen-bond acceptors (Lipinski definition) is 4. The van der Waals surface area contributed by atoms with Crippen LogP contribution in [0.2, 0.25) is 0 Å². The van der Waals surface area contributed by atoms with Crippen molar-refractivity contribution in [1.82, 2.24) is 19.5 Å². The maximum absolute atomic E-state index is 6.06. The Morgan fingerprint density at radius 1 is 1.42 bits per heavy atom. The van der Waals surface area contributed by atoms with Gasteiger partial charge in [0.05, 0.1) is 13.0 Å². The van der Waals surface area contributed by atoms with Crippen molar-refractivity contribution < 1.29 is 4.74 Å². The molecule has 6 heteroatoms. The molecule has 0 N–H and O–H groups in total. The number of imidazole rings is 1. The van der Waals surface area contributed by atoms with Crippen molar-refractivity contribution in [2.24, 2.45) is 5.92 Å². The van der Waals surface area contributed by atoms with Crippen LogP contribution in [0.1, 0.15) is 32.5 Å². The highest BCUT2D eigenvalue weighted by molar-refractivity contribution is 6.16. The van der Waals surface area contributed by atoms with Crippen molar-refractivity contribution in [3.63, 3.8) is 0 Å². The van der Waals surface area contributed by atoms with E-state index in [1.54, 1.807) is 7.11 Å². The summed E-state index contributed by atoms with van der Waals surface area (Å²) in [5.41, 5.74) is 1.46. The van der Waals surface area contributed by atoms with Crippen LogP contribution in [0.3, 0.4) is 0 Å². The predicted octanol–water partition coefficient (Wildman–Crippen LogP) is 2.72. The van der Waals surface area contributed by atoms with E-state index in [0.29, 0.717) is 23.2 Å². The monoisotopic (exact) mass is 280 g/mol. The van der Waals surface area contributed by atoms with Gasteiger partial charge in [-0.15, -0.1) is 11.6 Å². The minimum absolute atomic E-state index is 0.0294. The number of rotatable bonds is 4. The summed E-state index contributed by atoms with van der Waals surface area (Å²) in [6.07, 6.45) is 4.01. The molecule has 0 unspecified atom stereocenters. The zero-order valence-electron chi connectivity index (χ0n) is 11.4. The topological polar surface area (TPSA) is 52.8 Å². The summed E-state index contributed by atoms with van der Waals surface area (Å²) in [5.74, 6) is 2.34. The molecule has 0 aliphatic heterocycles. The van der Waals surface area contributed by atoms with E-state index in [1.807, 2.05) is 0 Å². The van der Waals surface area contributed by atoms with E-state index >= 15 is 0 Å². The first kappa shape index (κ1) is 12.7. The first-order valence-corrected chi connectivity index (χ1v) is 6.95. The third-order valence-corrected chi connectivity index (χ3v) is 4.18. The first-order chi connectivity index (χ1) is 9.09. The molecule has 0 spiro atoms. The highest BCUT2D eigenvalue weighted by atomic mass is 35.5. The van der Waals surface area contributed by atoms with Crippen LogP contribution in [0.5, 0.6) is 5.88 Å². The summed E-state index contributed by atoms with van der Waals surface area (Å²) in [7, 11) is 1.59. The maximum Gasteiger partial charge on any atom is 0.245 e. The summed E-state index contributed by atoms with van der Waals surface area (Å²) in [5, 5.41) is 0. The molecule has 0 bridgehead atoms. The Balaban J connectivity index is 2.27. The molecule has 0 amide bonds. The van der Waals surface area contributed by atoms with Crippen LogP contribution in [0, 0.1) is 5.92 Å². The van der Waals surface area contributed by atoms with Gasteiger partial charge in [-0.25, -0.2) is 9.97 Å². The Kier molecular flexibility index (Phi) is 2.89. The van der Waals surface area contributed by atoms with Crippen molar-refractivity contribution in [2.45, 2.75) is 38.1 Å². The minimum Gasteiger partial charge on any atom is -0.479 e. The van der Waals surface area contributed by atoms with E-state index in [0.717, 1.165) is 11.5 Å². The van der Waals surface area contributed by atoms with Gasteiger partial charge in [0, 0.05) is 5.54 Å². The summed E-state index contributed by atoms with van der Waals surface area (Å²) in [4.78, 5) is 13.0. The largest absolute Gasteiger partial charge is 0.479 e. The molecule has 3 rings (SSSR count). The average molecular weight is 281 g/mol. The van der Waals surface area contributed by atoms with E-state index in [4.69, 9.17) is 16.3 Å². The molecule has 0 aromatic carbocycles. The lowest BCUT2D eigenvalue weighted by Crippen LogP contribution is -2.30. The smallest absolute Gasteiger partial charge is 0.245 e. The second kappa shape index (κ2) is 4.34. The number of halogens is 1. The van der Waals surface area contributed by atoms with Gasteiger partial charge in [0.1, 0.15) is 12.2 Å². The second-order valence-corrected chi connectivity index (χ2v) is 5.75. The molecule has 0 radical (unpaired) electrons. The minimum atomic E-state index is -0.0294. The lowest BCUT2D eigenvalue weighted by atomic mass is 9.98. The summed E-state index contributed by atoms with van der Waals surface area (Å²) >= 11 is 6.06. The van der Waals surface area contributed by atoms with Crippen LogP contribution in [-0.2, 0) is 11.4 Å². The molecule has 1 aliphatic carbocycles. The van der Waals surface area contributed by atoms with Crippen LogP contribution in [0.4, 0.5) is 0 Å². The van der Waals surface area contributed by atoms with Crippen molar-refractivity contribution in [3.05, 3.63) is 12.2 Å². The molecule has 19 heavy (non-hydrogen) atoms. The van der Waals surface area contributed by atoms with Crippen LogP contribution >= 0.6 is 11.6 Å². The van der Waals surface area contributed by atoms with Crippen LogP contribution in [0.25, 0.3) is 11.2 Å². The molecule has 2 aromatic heterocycles. The highest BCUT2D eigenvalue weighted by Crippen LogP contribution is 2.45. The molecule has 2 aromatic rings. The van der Waals surface area contributed by atoms with Gasteiger partial charge in [-0.2, -0.15) is 4.98 Å². The fraction of sp³-hybridized carbons (Fsp3) is 0.615. The Bertz CT molecular complexity index is 618. The molecule has 1 saturated carbocycles. The van der Waals surface area contributed by atoms with Crippen LogP contribution in [-0.4, -0.2) is 26.6 Å². The molecule has 5 nitrogen and oxygen atoms in total. The van der Waals surface area contributed by atoms with Gasteiger partial charge in [-0.3, -0.25) is 0 Å². The maximum atomic E-state index is 6.06. The van der Waals surface area contributed by atoms with E-state index in [2.05, 4.69) is 33.4 Å². The van der Waals surface area contributed by atoms with Gasteiger partial charge in [-0.05, 0) is 32.6 Å². The quantitative estimate of drug-likeness (QED) is 0.808. The van der Waals surface area contributed by atoms with E-state index in [1.165, 1.54) is 19.2 Å². The van der Waals surface area contributed by atoms with E-state index in [-0.39, 0.29) is 5.54 Å². The van der Waals surface area contributed by atoms with Gasteiger partial charge in [-0.1, -0.05) is 0 Å². The number of hydrogen-bond donors (Lipinski definition) is 0. The van der Waals surface area contributed by atoms with Crippen molar-refractivity contribution in [2.75, 3.05) is 7.11 Å². The highest BCUT2D eigenvalue weighted by Gasteiger charge is 2.41. The Labute approximate surface area is 117 Å². The lowest BCUT2D eigenvalue weighted by molar-refractivity contribution is 0.305. The van der Waals surface area contributed by atoms with Gasteiger partial charge < -0.3 is 9.30 Å². The van der Waals surface area contributed by atoms with E-state index in [9.17, 15) is 0 Å². The number of ether oxygens (including phenoxy) is 1. The third kappa shape index (κ3) is 1.87. The molecule has 2 heterocycles. The van der Waals surface area contributed by atoms with Crippen molar-refractivity contribution in [3.8, 4) is 5.88 Å². The number of alkyl halides is 1.